The molecule has 0 N–H and O–H groups in total. The topological polar surface area (TPSA) is 63.5 Å². The molecule has 1 aromatic heterocycles. The summed E-state index contributed by atoms with van der Waals surface area (Å²) in [5, 5.41) is 10.1. The van der Waals surface area contributed by atoms with E-state index in [9.17, 15) is 4.79 Å². The van der Waals surface area contributed by atoms with E-state index in [1.54, 1.807) is 7.11 Å². The van der Waals surface area contributed by atoms with Gasteiger partial charge in [-0.3, -0.25) is 9.36 Å². The highest BCUT2D eigenvalue weighted by Crippen LogP contribution is 2.30. The second-order valence-corrected chi connectivity index (χ2v) is 8.70. The maximum absolute atomic E-state index is 12.7. The van der Waals surface area contributed by atoms with Gasteiger partial charge in [-0.1, -0.05) is 35.5 Å². The third kappa shape index (κ3) is 5.03. The lowest BCUT2D eigenvalue weighted by atomic mass is 10.2. The van der Waals surface area contributed by atoms with Crippen molar-refractivity contribution in [3.8, 4) is 22.8 Å². The van der Waals surface area contributed by atoms with Gasteiger partial charge in [0.25, 0.3) is 0 Å². The van der Waals surface area contributed by atoms with E-state index < -0.39 is 0 Å². The molecule has 4 rings (SSSR count). The standard InChI is InChI=1S/C22H24ClN5O2S/c1-26-10-12-27(13-11-26)20(29)15-31-22-25-24-21(16-4-3-5-19(14-16)30-2)28(22)18-8-6-17(23)7-9-18/h3-9,14H,10-13,15H2,1-2H3. The third-order valence-corrected chi connectivity index (χ3v) is 6.39. The first-order valence-corrected chi connectivity index (χ1v) is 11.4. The minimum Gasteiger partial charge on any atom is -0.497 e. The number of amides is 1. The van der Waals surface area contributed by atoms with Crippen molar-refractivity contribution in [1.82, 2.24) is 24.6 Å². The zero-order valence-corrected chi connectivity index (χ0v) is 19.1. The number of hydrogen-bond donors (Lipinski definition) is 0. The van der Waals surface area contributed by atoms with Crippen LogP contribution in [0.25, 0.3) is 17.1 Å². The number of carbonyl (C=O) groups is 1. The molecule has 31 heavy (non-hydrogen) atoms. The second kappa shape index (κ2) is 9.72. The molecule has 162 valence electrons. The summed E-state index contributed by atoms with van der Waals surface area (Å²) in [6.45, 7) is 3.32. The molecule has 2 heterocycles. The largest absolute Gasteiger partial charge is 0.497 e. The molecule has 9 heteroatoms. The first-order valence-electron chi connectivity index (χ1n) is 10.00. The van der Waals surface area contributed by atoms with Crippen LogP contribution in [0.15, 0.2) is 53.7 Å². The van der Waals surface area contributed by atoms with Gasteiger partial charge in [-0.25, -0.2) is 0 Å². The van der Waals surface area contributed by atoms with Crippen molar-refractivity contribution < 1.29 is 9.53 Å². The summed E-state index contributed by atoms with van der Waals surface area (Å²) in [6, 6.07) is 15.2. The maximum atomic E-state index is 12.7. The summed E-state index contributed by atoms with van der Waals surface area (Å²) in [7, 11) is 3.71. The highest BCUT2D eigenvalue weighted by atomic mass is 35.5. The summed E-state index contributed by atoms with van der Waals surface area (Å²) in [4.78, 5) is 16.9. The van der Waals surface area contributed by atoms with E-state index in [1.807, 2.05) is 58.0 Å². The minimum atomic E-state index is 0.117. The summed E-state index contributed by atoms with van der Waals surface area (Å²) >= 11 is 7.49. The van der Waals surface area contributed by atoms with Crippen LogP contribution in [0.5, 0.6) is 5.75 Å². The van der Waals surface area contributed by atoms with Crippen molar-refractivity contribution in [2.45, 2.75) is 5.16 Å². The number of nitrogens with zero attached hydrogens (tertiary/aromatic N) is 5. The molecule has 7 nitrogen and oxygen atoms in total. The van der Waals surface area contributed by atoms with Crippen LogP contribution < -0.4 is 4.74 Å². The van der Waals surface area contributed by atoms with E-state index in [2.05, 4.69) is 22.1 Å². The van der Waals surface area contributed by atoms with Crippen LogP contribution in [0.4, 0.5) is 0 Å². The van der Waals surface area contributed by atoms with Gasteiger partial charge in [0.2, 0.25) is 5.91 Å². The average molecular weight is 458 g/mol. The Hall–Kier alpha value is -2.55. The molecule has 0 atom stereocenters. The first kappa shape index (κ1) is 21.7. The SMILES string of the molecule is COc1cccc(-c2nnc(SCC(=O)N3CCN(C)CC3)n2-c2ccc(Cl)cc2)c1. The maximum Gasteiger partial charge on any atom is 0.233 e. The molecule has 0 saturated carbocycles. The van der Waals surface area contributed by atoms with Crippen molar-refractivity contribution in [1.29, 1.82) is 0 Å². The van der Waals surface area contributed by atoms with Crippen molar-refractivity contribution in [2.75, 3.05) is 46.1 Å². The van der Waals surface area contributed by atoms with Gasteiger partial charge in [0, 0.05) is 42.5 Å². The number of halogens is 1. The Kier molecular flexibility index (Phi) is 6.80. The van der Waals surface area contributed by atoms with Crippen LogP contribution in [0.3, 0.4) is 0 Å². The summed E-state index contributed by atoms with van der Waals surface area (Å²) < 4.78 is 7.32. The van der Waals surface area contributed by atoms with Crippen molar-refractivity contribution in [3.63, 3.8) is 0 Å². The molecule has 0 spiro atoms. The van der Waals surface area contributed by atoms with Crippen LogP contribution in [0.2, 0.25) is 5.02 Å². The number of piperazine rings is 1. The Balaban J connectivity index is 1.62. The summed E-state index contributed by atoms with van der Waals surface area (Å²) in [5.74, 6) is 1.85. The molecule has 1 aliphatic rings. The molecule has 1 amide bonds. The molecule has 2 aromatic carbocycles. The van der Waals surface area contributed by atoms with Crippen LogP contribution in [0.1, 0.15) is 0 Å². The fourth-order valence-electron chi connectivity index (χ4n) is 3.41. The van der Waals surface area contributed by atoms with Crippen molar-refractivity contribution in [3.05, 3.63) is 53.6 Å². The second-order valence-electron chi connectivity index (χ2n) is 7.32. The van der Waals surface area contributed by atoms with Gasteiger partial charge >= 0.3 is 0 Å². The Bertz CT molecular complexity index is 1050. The third-order valence-electron chi connectivity index (χ3n) is 5.23. The molecule has 0 aliphatic carbocycles. The molecule has 0 unspecified atom stereocenters. The predicted molar refractivity (Wildman–Crippen MR) is 123 cm³/mol. The van der Waals surface area contributed by atoms with E-state index in [0.29, 0.717) is 21.8 Å². The van der Waals surface area contributed by atoms with Crippen LogP contribution in [-0.4, -0.2) is 76.6 Å². The monoisotopic (exact) mass is 457 g/mol. The number of likely N-dealkylation sites (N-methyl/N-ethyl adjacent to an activating group) is 1. The Morgan fingerprint density at radius 3 is 2.55 bits per heavy atom. The summed E-state index contributed by atoms with van der Waals surface area (Å²) in [6.07, 6.45) is 0. The molecular weight excluding hydrogens is 434 g/mol. The number of thioether (sulfide) groups is 1. The number of hydrogen-bond acceptors (Lipinski definition) is 6. The van der Waals surface area contributed by atoms with Gasteiger partial charge in [0.05, 0.1) is 12.9 Å². The van der Waals surface area contributed by atoms with Gasteiger partial charge in [-0.05, 0) is 43.4 Å². The Labute approximate surface area is 191 Å². The normalized spacial score (nSPS) is 14.6. The van der Waals surface area contributed by atoms with Crippen LogP contribution in [-0.2, 0) is 4.79 Å². The summed E-state index contributed by atoms with van der Waals surface area (Å²) in [5.41, 5.74) is 1.75. The van der Waals surface area contributed by atoms with E-state index in [-0.39, 0.29) is 5.91 Å². The number of benzene rings is 2. The highest BCUT2D eigenvalue weighted by molar-refractivity contribution is 7.99. The van der Waals surface area contributed by atoms with E-state index in [4.69, 9.17) is 16.3 Å². The van der Waals surface area contributed by atoms with Crippen molar-refractivity contribution in [2.24, 2.45) is 0 Å². The molecule has 1 aliphatic heterocycles. The van der Waals surface area contributed by atoms with Gasteiger partial charge in [0.1, 0.15) is 5.75 Å². The van der Waals surface area contributed by atoms with Gasteiger partial charge in [0.15, 0.2) is 11.0 Å². The molecular formula is C22H24ClN5O2S. The molecule has 0 bridgehead atoms. The lowest BCUT2D eigenvalue weighted by Crippen LogP contribution is -2.47. The molecule has 0 radical (unpaired) electrons. The van der Waals surface area contributed by atoms with E-state index >= 15 is 0 Å². The van der Waals surface area contributed by atoms with E-state index in [0.717, 1.165) is 43.2 Å². The minimum absolute atomic E-state index is 0.117. The number of rotatable bonds is 6. The number of aromatic nitrogens is 3. The van der Waals surface area contributed by atoms with Gasteiger partial charge < -0.3 is 14.5 Å². The number of methoxy groups -OCH3 is 1. The smallest absolute Gasteiger partial charge is 0.233 e. The fourth-order valence-corrected chi connectivity index (χ4v) is 4.39. The predicted octanol–water partition coefficient (Wildman–Crippen LogP) is 3.46. The molecule has 1 saturated heterocycles. The number of carbonyl (C=O) groups excluding carboxylic acids is 1. The zero-order chi connectivity index (χ0) is 21.8. The lowest BCUT2D eigenvalue weighted by Gasteiger charge is -2.32. The fraction of sp³-hybridized carbons (Fsp3) is 0.318. The molecule has 3 aromatic rings. The van der Waals surface area contributed by atoms with Crippen LogP contribution in [0, 0.1) is 0 Å². The Morgan fingerprint density at radius 1 is 1.10 bits per heavy atom. The highest BCUT2D eigenvalue weighted by Gasteiger charge is 2.22. The van der Waals surface area contributed by atoms with E-state index in [1.165, 1.54) is 11.8 Å². The first-order chi connectivity index (χ1) is 15.0. The van der Waals surface area contributed by atoms with Crippen LogP contribution >= 0.6 is 23.4 Å². The zero-order valence-electron chi connectivity index (χ0n) is 17.5. The van der Waals surface area contributed by atoms with Gasteiger partial charge in [-0.15, -0.1) is 10.2 Å². The average Bonchev–Trinajstić information content (AvgIpc) is 3.22. The van der Waals surface area contributed by atoms with Crippen molar-refractivity contribution >= 4 is 29.3 Å². The van der Waals surface area contributed by atoms with Gasteiger partial charge in [-0.2, -0.15) is 0 Å². The quantitative estimate of drug-likeness (QED) is 0.528. The lowest BCUT2D eigenvalue weighted by molar-refractivity contribution is -0.129. The molecule has 1 fully saturated rings. The number of ether oxygens (including phenoxy) is 1. The Morgan fingerprint density at radius 2 is 1.84 bits per heavy atom.